The lowest BCUT2D eigenvalue weighted by Crippen LogP contribution is -2.37. The Labute approximate surface area is 204 Å². The first-order valence-corrected chi connectivity index (χ1v) is 12.0. The van der Waals surface area contributed by atoms with Crippen molar-refractivity contribution in [1.82, 2.24) is 20.0 Å². The fourth-order valence-electron chi connectivity index (χ4n) is 4.03. The third kappa shape index (κ3) is 4.36. The van der Waals surface area contributed by atoms with Gasteiger partial charge in [-0.15, -0.1) is 11.3 Å². The molecule has 5 rings (SSSR count). The van der Waals surface area contributed by atoms with Gasteiger partial charge in [-0.25, -0.2) is 9.07 Å². The average Bonchev–Trinajstić information content (AvgIpc) is 3.55. The molecule has 2 aromatic carbocycles. The Hall–Kier alpha value is -3.43. The molecule has 0 radical (unpaired) electrons. The number of likely N-dealkylation sites (tertiary alicyclic amines) is 1. The molecular weight excluding hydrogens is 477 g/mol. The van der Waals surface area contributed by atoms with Crippen LogP contribution in [0.4, 0.5) is 15.8 Å². The zero-order valence-corrected chi connectivity index (χ0v) is 19.8. The minimum Gasteiger partial charge on any atom is -0.352 e. The Kier molecular flexibility index (Phi) is 5.97. The molecule has 0 spiro atoms. The standard InChI is InChI=1S/C24H21ClFN5O2S/c1-14(32)30-7-6-16(12-30)28-24(33)23-9-17(13-34-23)31-22-10-19(26)21(8-15(22)11-27-31)29-20-5-3-2-4-18(20)25/h2-5,8-11,13,16,29H,6-7,12H2,1H3,(H,28,33). The number of aromatic nitrogens is 2. The average molecular weight is 498 g/mol. The van der Waals surface area contributed by atoms with Crippen LogP contribution in [0.5, 0.6) is 0 Å². The number of hydrogen-bond donors (Lipinski definition) is 2. The van der Waals surface area contributed by atoms with Gasteiger partial charge in [0.2, 0.25) is 5.91 Å². The summed E-state index contributed by atoms with van der Waals surface area (Å²) in [6.07, 6.45) is 2.38. The molecule has 0 saturated carbocycles. The lowest BCUT2D eigenvalue weighted by atomic mass is 10.2. The summed E-state index contributed by atoms with van der Waals surface area (Å²) >= 11 is 7.47. The van der Waals surface area contributed by atoms with Crippen molar-refractivity contribution in [2.75, 3.05) is 18.4 Å². The summed E-state index contributed by atoms with van der Waals surface area (Å²) in [6, 6.07) is 11.9. The maximum atomic E-state index is 14.9. The summed E-state index contributed by atoms with van der Waals surface area (Å²) in [5.74, 6) is -0.627. The van der Waals surface area contributed by atoms with E-state index < -0.39 is 5.82 Å². The second-order valence-corrected chi connectivity index (χ2v) is 9.46. The fraction of sp³-hybridized carbons (Fsp3) is 0.208. The molecule has 1 saturated heterocycles. The molecule has 2 amide bonds. The van der Waals surface area contributed by atoms with Crippen LogP contribution >= 0.6 is 22.9 Å². The fourth-order valence-corrected chi connectivity index (χ4v) is 4.99. The number of nitrogens with one attached hydrogen (secondary N) is 2. The van der Waals surface area contributed by atoms with Crippen LogP contribution < -0.4 is 10.6 Å². The van der Waals surface area contributed by atoms with E-state index in [2.05, 4.69) is 15.7 Å². The smallest absolute Gasteiger partial charge is 0.261 e. The van der Waals surface area contributed by atoms with Gasteiger partial charge in [0.25, 0.3) is 5.91 Å². The van der Waals surface area contributed by atoms with Crippen LogP contribution in [-0.4, -0.2) is 45.6 Å². The molecule has 2 aromatic heterocycles. The minimum absolute atomic E-state index is 0.0122. The van der Waals surface area contributed by atoms with Crippen LogP contribution in [0.15, 0.2) is 54.0 Å². The molecule has 10 heteroatoms. The van der Waals surface area contributed by atoms with Gasteiger partial charge in [-0.1, -0.05) is 23.7 Å². The highest BCUT2D eigenvalue weighted by molar-refractivity contribution is 7.12. The largest absolute Gasteiger partial charge is 0.352 e. The molecule has 1 unspecified atom stereocenters. The van der Waals surface area contributed by atoms with E-state index in [1.807, 2.05) is 11.4 Å². The van der Waals surface area contributed by atoms with E-state index in [1.54, 1.807) is 46.1 Å². The zero-order chi connectivity index (χ0) is 23.8. The molecule has 1 fully saturated rings. The quantitative estimate of drug-likeness (QED) is 0.408. The molecule has 174 valence electrons. The monoisotopic (exact) mass is 497 g/mol. The van der Waals surface area contributed by atoms with Gasteiger partial charge in [-0.2, -0.15) is 5.10 Å². The third-order valence-corrected chi connectivity index (χ3v) is 7.07. The van der Waals surface area contributed by atoms with Gasteiger partial charge in [0.15, 0.2) is 0 Å². The van der Waals surface area contributed by atoms with Gasteiger partial charge in [-0.05, 0) is 30.7 Å². The molecule has 34 heavy (non-hydrogen) atoms. The highest BCUT2D eigenvalue weighted by Crippen LogP contribution is 2.31. The Morgan fingerprint density at radius 1 is 1.21 bits per heavy atom. The molecule has 0 aliphatic carbocycles. The van der Waals surface area contributed by atoms with Gasteiger partial charge >= 0.3 is 0 Å². The lowest BCUT2D eigenvalue weighted by molar-refractivity contribution is -0.127. The summed E-state index contributed by atoms with van der Waals surface area (Å²) in [4.78, 5) is 26.5. The molecular formula is C24H21ClFN5O2S. The topological polar surface area (TPSA) is 79.3 Å². The second kappa shape index (κ2) is 9.08. The summed E-state index contributed by atoms with van der Waals surface area (Å²) in [7, 11) is 0. The van der Waals surface area contributed by atoms with Crippen molar-refractivity contribution in [3.05, 3.63) is 69.8 Å². The Balaban J connectivity index is 1.35. The molecule has 1 aliphatic heterocycles. The predicted octanol–water partition coefficient (Wildman–Crippen LogP) is 4.97. The molecule has 7 nitrogen and oxygen atoms in total. The molecule has 1 aliphatic rings. The maximum absolute atomic E-state index is 14.9. The summed E-state index contributed by atoms with van der Waals surface area (Å²) in [6.45, 7) is 2.70. The highest BCUT2D eigenvalue weighted by Gasteiger charge is 2.26. The first-order valence-electron chi connectivity index (χ1n) is 10.7. The number of fused-ring (bicyclic) bond motifs is 1. The van der Waals surface area contributed by atoms with Gasteiger partial charge in [-0.3, -0.25) is 9.59 Å². The maximum Gasteiger partial charge on any atom is 0.261 e. The van der Waals surface area contributed by atoms with E-state index in [4.69, 9.17) is 11.6 Å². The van der Waals surface area contributed by atoms with E-state index >= 15 is 0 Å². The van der Waals surface area contributed by atoms with Gasteiger partial charge in [0.1, 0.15) is 5.82 Å². The van der Waals surface area contributed by atoms with Gasteiger partial charge in [0, 0.05) is 42.9 Å². The first kappa shape index (κ1) is 22.4. The van der Waals surface area contributed by atoms with Crippen molar-refractivity contribution in [3.63, 3.8) is 0 Å². The number of halogens is 2. The molecule has 1 atom stereocenters. The summed E-state index contributed by atoms with van der Waals surface area (Å²) < 4.78 is 16.5. The Morgan fingerprint density at radius 2 is 2.03 bits per heavy atom. The number of carbonyl (C=O) groups is 2. The minimum atomic E-state index is -0.446. The normalized spacial score (nSPS) is 15.6. The number of hydrogen-bond acceptors (Lipinski definition) is 5. The van der Waals surface area contributed by atoms with Crippen molar-refractivity contribution in [2.24, 2.45) is 0 Å². The van der Waals surface area contributed by atoms with Gasteiger partial charge in [0.05, 0.1) is 38.7 Å². The van der Waals surface area contributed by atoms with E-state index in [1.165, 1.54) is 24.3 Å². The van der Waals surface area contributed by atoms with E-state index in [9.17, 15) is 14.0 Å². The Bertz CT molecular complexity index is 1400. The molecule has 0 bridgehead atoms. The molecule has 3 heterocycles. The molecule has 4 aromatic rings. The molecule has 2 N–H and O–H groups in total. The van der Waals surface area contributed by atoms with Crippen LogP contribution in [0.2, 0.25) is 5.02 Å². The van der Waals surface area contributed by atoms with Crippen molar-refractivity contribution in [3.8, 4) is 5.69 Å². The van der Waals surface area contributed by atoms with Crippen LogP contribution in [0, 0.1) is 5.82 Å². The Morgan fingerprint density at radius 3 is 2.79 bits per heavy atom. The van der Waals surface area contributed by atoms with E-state index in [0.717, 1.165) is 11.8 Å². The van der Waals surface area contributed by atoms with Crippen molar-refractivity contribution in [2.45, 2.75) is 19.4 Å². The van der Waals surface area contributed by atoms with Crippen LogP contribution in [0.25, 0.3) is 16.6 Å². The van der Waals surface area contributed by atoms with Crippen molar-refractivity contribution in [1.29, 1.82) is 0 Å². The SMILES string of the molecule is CC(=O)N1CCC(NC(=O)c2cc(-n3ncc4cc(Nc5ccccc5Cl)c(F)cc43)cs2)C1. The first-order chi connectivity index (χ1) is 16.4. The number of thiophene rings is 1. The van der Waals surface area contributed by atoms with E-state index in [0.29, 0.717) is 45.6 Å². The van der Waals surface area contributed by atoms with Crippen molar-refractivity contribution >= 4 is 57.0 Å². The number of benzene rings is 2. The summed E-state index contributed by atoms with van der Waals surface area (Å²) in [5.41, 5.74) is 2.16. The number of nitrogens with zero attached hydrogens (tertiary/aromatic N) is 3. The highest BCUT2D eigenvalue weighted by atomic mass is 35.5. The van der Waals surface area contributed by atoms with E-state index in [-0.39, 0.29) is 17.9 Å². The lowest BCUT2D eigenvalue weighted by Gasteiger charge is -2.14. The number of amides is 2. The number of para-hydroxylation sites is 1. The second-order valence-electron chi connectivity index (χ2n) is 8.15. The van der Waals surface area contributed by atoms with Crippen LogP contribution in [-0.2, 0) is 4.79 Å². The number of anilines is 2. The predicted molar refractivity (Wildman–Crippen MR) is 132 cm³/mol. The number of carbonyl (C=O) groups excluding carboxylic acids is 2. The van der Waals surface area contributed by atoms with Gasteiger partial charge < -0.3 is 15.5 Å². The van der Waals surface area contributed by atoms with Crippen molar-refractivity contribution < 1.29 is 14.0 Å². The third-order valence-electron chi connectivity index (χ3n) is 5.82. The van der Waals surface area contributed by atoms with Crippen LogP contribution in [0.3, 0.4) is 0 Å². The number of rotatable bonds is 5. The zero-order valence-electron chi connectivity index (χ0n) is 18.2. The van der Waals surface area contributed by atoms with Crippen LogP contribution in [0.1, 0.15) is 23.0 Å². The summed E-state index contributed by atoms with van der Waals surface area (Å²) in [5, 5.41) is 13.5.